The van der Waals surface area contributed by atoms with Crippen molar-refractivity contribution in [3.05, 3.63) is 51.8 Å². The van der Waals surface area contributed by atoms with Crippen LogP contribution < -0.4 is 20.7 Å². The Hall–Kier alpha value is -2.99. The van der Waals surface area contributed by atoms with Gasteiger partial charge in [0.2, 0.25) is 0 Å². The number of carbonyl (C=O) groups is 2. The lowest BCUT2D eigenvalue weighted by Gasteiger charge is -2.33. The summed E-state index contributed by atoms with van der Waals surface area (Å²) >= 11 is 1.39. The summed E-state index contributed by atoms with van der Waals surface area (Å²) in [5.74, 6) is 0.893. The summed E-state index contributed by atoms with van der Waals surface area (Å²) in [4.78, 5) is 37.6. The predicted molar refractivity (Wildman–Crippen MR) is 153 cm³/mol. The van der Waals surface area contributed by atoms with Gasteiger partial charge in [0.1, 0.15) is 24.3 Å². The zero-order chi connectivity index (χ0) is 26.6. The van der Waals surface area contributed by atoms with Gasteiger partial charge in [-0.05, 0) is 30.5 Å². The Labute approximate surface area is 228 Å². The van der Waals surface area contributed by atoms with Gasteiger partial charge in [-0.3, -0.25) is 24.5 Å². The molecule has 1 aromatic rings. The number of ether oxygens (including phenoxy) is 1. The first-order valence-electron chi connectivity index (χ1n) is 13.1. The highest BCUT2D eigenvalue weighted by Gasteiger charge is 2.21. The molecule has 4 rings (SSSR count). The second-order valence-electron chi connectivity index (χ2n) is 9.23. The summed E-state index contributed by atoms with van der Waals surface area (Å²) in [7, 11) is 0. The van der Waals surface area contributed by atoms with E-state index in [0.717, 1.165) is 94.3 Å². The van der Waals surface area contributed by atoms with E-state index in [2.05, 4.69) is 42.5 Å². The number of carbonyl (C=O) groups excluding carboxylic acids is 2. The summed E-state index contributed by atoms with van der Waals surface area (Å²) in [6.07, 6.45) is 3.37. The van der Waals surface area contributed by atoms with E-state index in [1.165, 1.54) is 11.8 Å². The second-order valence-corrected chi connectivity index (χ2v) is 10.1. The first kappa shape index (κ1) is 28.0. The molecule has 38 heavy (non-hydrogen) atoms. The molecule has 0 saturated carbocycles. The molecule has 1 aromatic carbocycles. The fourth-order valence-electron chi connectivity index (χ4n) is 4.60. The number of hydrogen-bond acceptors (Lipinski definition) is 10. The van der Waals surface area contributed by atoms with Crippen LogP contribution in [-0.4, -0.2) is 107 Å². The summed E-state index contributed by atoms with van der Waals surface area (Å²) in [5.41, 5.74) is 3.49. The van der Waals surface area contributed by atoms with E-state index in [0.29, 0.717) is 24.5 Å². The van der Waals surface area contributed by atoms with Crippen LogP contribution >= 0.6 is 11.8 Å². The van der Waals surface area contributed by atoms with Gasteiger partial charge in [0, 0.05) is 101 Å². The largest absolute Gasteiger partial charge is 0.492 e. The zero-order valence-electron chi connectivity index (χ0n) is 21.8. The Morgan fingerprint density at radius 1 is 1.18 bits per heavy atom. The van der Waals surface area contributed by atoms with Crippen LogP contribution in [0.15, 0.2) is 50.7 Å². The Kier molecular flexibility index (Phi) is 10.9. The molecule has 0 radical (unpaired) electrons. The first-order chi connectivity index (χ1) is 18.7. The number of benzene rings is 1. The van der Waals surface area contributed by atoms with Crippen molar-refractivity contribution in [3.8, 4) is 5.75 Å². The van der Waals surface area contributed by atoms with Crippen LogP contribution in [0.4, 0.5) is 0 Å². The summed E-state index contributed by atoms with van der Waals surface area (Å²) in [6.45, 7) is 13.5. The van der Waals surface area contributed by atoms with Crippen molar-refractivity contribution in [2.45, 2.75) is 12.2 Å². The minimum Gasteiger partial charge on any atom is -0.492 e. The lowest BCUT2D eigenvalue weighted by Crippen LogP contribution is -2.44. The van der Waals surface area contributed by atoms with E-state index < -0.39 is 0 Å². The number of aldehydes is 1. The molecule has 10 nitrogen and oxygen atoms in total. The normalized spacial score (nSPS) is 18.8. The Balaban J connectivity index is 1.34. The van der Waals surface area contributed by atoms with E-state index in [4.69, 9.17) is 4.74 Å². The van der Waals surface area contributed by atoms with Crippen molar-refractivity contribution in [3.63, 3.8) is 0 Å². The number of piperazine rings is 2. The van der Waals surface area contributed by atoms with Crippen molar-refractivity contribution < 1.29 is 14.3 Å². The molecule has 3 aliphatic rings. The van der Waals surface area contributed by atoms with Crippen molar-refractivity contribution in [1.29, 1.82) is 0 Å². The molecule has 0 atom stereocenters. The quantitative estimate of drug-likeness (QED) is 0.207. The van der Waals surface area contributed by atoms with E-state index >= 15 is 0 Å². The van der Waals surface area contributed by atoms with Crippen LogP contribution in [0, 0.1) is 0 Å². The molecule has 3 N–H and O–H groups in total. The molecule has 3 aliphatic heterocycles. The Morgan fingerprint density at radius 2 is 1.95 bits per heavy atom. The molecule has 204 valence electrons. The fraction of sp³-hybridized carbons (Fsp3) is 0.481. The van der Waals surface area contributed by atoms with E-state index in [1.54, 1.807) is 17.7 Å². The lowest BCUT2D eigenvalue weighted by atomic mass is 10.1. The van der Waals surface area contributed by atoms with Crippen molar-refractivity contribution in [2.24, 2.45) is 9.98 Å². The average molecular weight is 540 g/mol. The Morgan fingerprint density at radius 3 is 2.68 bits per heavy atom. The van der Waals surface area contributed by atoms with Gasteiger partial charge in [0.25, 0.3) is 5.91 Å². The molecule has 0 aliphatic carbocycles. The van der Waals surface area contributed by atoms with Crippen LogP contribution in [0.5, 0.6) is 5.75 Å². The fourth-order valence-corrected chi connectivity index (χ4v) is 5.45. The second kappa shape index (κ2) is 14.8. The molecular formula is C27H37N7O3S. The highest BCUT2D eigenvalue weighted by molar-refractivity contribution is 8.01. The summed E-state index contributed by atoms with van der Waals surface area (Å²) in [5, 5.41) is 11.4. The van der Waals surface area contributed by atoms with E-state index in [1.807, 2.05) is 12.1 Å². The molecule has 2 saturated heterocycles. The van der Waals surface area contributed by atoms with Crippen LogP contribution in [-0.2, 0) is 10.5 Å². The lowest BCUT2D eigenvalue weighted by molar-refractivity contribution is -0.116. The minimum atomic E-state index is -0.330. The molecule has 0 aromatic heterocycles. The van der Waals surface area contributed by atoms with Gasteiger partial charge in [0.15, 0.2) is 0 Å². The topological polar surface area (TPSA) is 111 Å². The van der Waals surface area contributed by atoms with Gasteiger partial charge in [-0.1, -0.05) is 0 Å². The number of rotatable bonds is 12. The molecule has 0 unspecified atom stereocenters. The molecule has 3 heterocycles. The predicted octanol–water partition coefficient (Wildman–Crippen LogP) is 1.27. The molecule has 0 bridgehead atoms. The number of thioether (sulfide) groups is 1. The van der Waals surface area contributed by atoms with Crippen LogP contribution in [0.2, 0.25) is 0 Å². The highest BCUT2D eigenvalue weighted by Crippen LogP contribution is 2.24. The number of hydrogen-bond donors (Lipinski definition) is 3. The van der Waals surface area contributed by atoms with Gasteiger partial charge in [-0.25, -0.2) is 0 Å². The van der Waals surface area contributed by atoms with Gasteiger partial charge >= 0.3 is 0 Å². The number of aliphatic imine (C=N–C) groups is 2. The van der Waals surface area contributed by atoms with Gasteiger partial charge in [-0.15, -0.1) is 11.8 Å². The number of dihydropyridines is 1. The summed E-state index contributed by atoms with van der Waals surface area (Å²) in [6, 6.07) is 5.50. The number of nitrogens with zero attached hydrogens (tertiary/aromatic N) is 4. The van der Waals surface area contributed by atoms with Crippen LogP contribution in [0.25, 0.3) is 0 Å². The van der Waals surface area contributed by atoms with Gasteiger partial charge < -0.3 is 25.6 Å². The third-order valence-electron chi connectivity index (χ3n) is 6.72. The Bertz CT molecular complexity index is 1080. The highest BCUT2D eigenvalue weighted by atomic mass is 32.2. The van der Waals surface area contributed by atoms with Gasteiger partial charge in [0.05, 0.1) is 5.70 Å². The summed E-state index contributed by atoms with van der Waals surface area (Å²) < 4.78 is 5.96. The third kappa shape index (κ3) is 8.00. The van der Waals surface area contributed by atoms with E-state index in [9.17, 15) is 9.59 Å². The number of nitrogens with one attached hydrogen (secondary N) is 3. The maximum Gasteiger partial charge on any atom is 0.274 e. The number of amides is 1. The first-order valence-corrected chi connectivity index (χ1v) is 14.2. The van der Waals surface area contributed by atoms with Crippen molar-refractivity contribution >= 4 is 36.9 Å². The van der Waals surface area contributed by atoms with Crippen molar-refractivity contribution in [2.75, 3.05) is 72.1 Å². The van der Waals surface area contributed by atoms with Crippen molar-refractivity contribution in [1.82, 2.24) is 25.8 Å². The molecule has 2 fully saturated rings. The van der Waals surface area contributed by atoms with Crippen LogP contribution in [0.3, 0.4) is 0 Å². The monoisotopic (exact) mass is 539 g/mol. The molecule has 1 amide bonds. The number of allylic oxidation sites excluding steroid dienone is 1. The molecular weight excluding hydrogens is 502 g/mol. The molecule has 0 spiro atoms. The maximum atomic E-state index is 13.0. The smallest absolute Gasteiger partial charge is 0.274 e. The minimum absolute atomic E-state index is 0.220. The zero-order valence-corrected chi connectivity index (χ0v) is 22.6. The van der Waals surface area contributed by atoms with E-state index in [-0.39, 0.29) is 11.6 Å². The molecule has 11 heteroatoms. The average Bonchev–Trinajstić information content (AvgIpc) is 2.97. The SMILES string of the molecule is C=N/C(=C\SCc1cc(OCCN2CCNCC2)ccc1C=O)C(=O)NC1=C(N2CCNCC2)CCN=C1. The maximum absolute atomic E-state index is 13.0. The van der Waals surface area contributed by atoms with Gasteiger partial charge in [-0.2, -0.15) is 0 Å². The standard InChI is InChI=1S/C27H37N7O3S/c1-28-25(27(36)32-24-17-31-5-4-26(24)34-12-8-30-9-13-34)20-38-19-22-16-23(3-2-21(22)18-35)37-15-14-33-10-6-29-7-11-33/h2-3,16-18,20,29-30H,1,4-15,19H2,(H,32,36)/b25-20-. The third-order valence-corrected chi connectivity index (χ3v) is 7.59. The van der Waals surface area contributed by atoms with Crippen LogP contribution in [0.1, 0.15) is 22.3 Å².